The maximum atomic E-state index is 12.1. The highest BCUT2D eigenvalue weighted by atomic mass is 19.4. The van der Waals surface area contributed by atoms with Gasteiger partial charge in [-0.25, -0.2) is 4.98 Å². The summed E-state index contributed by atoms with van der Waals surface area (Å²) in [5, 5.41) is 0. The van der Waals surface area contributed by atoms with Gasteiger partial charge in [-0.15, -0.1) is 13.2 Å². The lowest BCUT2D eigenvalue weighted by molar-refractivity contribution is -0.274. The van der Waals surface area contributed by atoms with Crippen LogP contribution < -0.4 is 10.5 Å². The van der Waals surface area contributed by atoms with Crippen LogP contribution in [0.25, 0.3) is 11.0 Å². The van der Waals surface area contributed by atoms with E-state index in [1.54, 1.807) is 11.6 Å². The summed E-state index contributed by atoms with van der Waals surface area (Å²) in [7, 11) is 1.66. The van der Waals surface area contributed by atoms with E-state index in [0.717, 1.165) is 0 Å². The fourth-order valence-electron chi connectivity index (χ4n) is 1.61. The minimum absolute atomic E-state index is 0.186. The molecular weight excluding hydrogens is 259 g/mol. The average Bonchev–Trinajstić information content (AvgIpc) is 2.62. The maximum Gasteiger partial charge on any atom is 0.573 e. The molecule has 19 heavy (non-hydrogen) atoms. The van der Waals surface area contributed by atoms with Crippen molar-refractivity contribution >= 4 is 11.0 Å². The number of fused-ring (bicyclic) bond motifs is 1. The molecule has 0 atom stereocenters. The highest BCUT2D eigenvalue weighted by Crippen LogP contribution is 2.26. The molecule has 7 heteroatoms. The lowest BCUT2D eigenvalue weighted by Gasteiger charge is -2.08. The Kier molecular flexibility index (Phi) is 3.36. The minimum Gasteiger partial charge on any atom is -0.406 e. The van der Waals surface area contributed by atoms with Gasteiger partial charge in [-0.05, 0) is 18.1 Å². The van der Waals surface area contributed by atoms with Crippen molar-refractivity contribution in [3.8, 4) is 17.6 Å². The van der Waals surface area contributed by atoms with Crippen LogP contribution in [0.5, 0.6) is 5.75 Å². The first kappa shape index (κ1) is 13.2. The van der Waals surface area contributed by atoms with E-state index in [4.69, 9.17) is 5.73 Å². The molecule has 0 saturated carbocycles. The van der Waals surface area contributed by atoms with Crippen molar-refractivity contribution in [1.29, 1.82) is 0 Å². The molecule has 2 N–H and O–H groups in total. The average molecular weight is 269 g/mol. The van der Waals surface area contributed by atoms with E-state index in [1.807, 2.05) is 0 Å². The van der Waals surface area contributed by atoms with Gasteiger partial charge in [-0.3, -0.25) is 0 Å². The number of hydrogen-bond acceptors (Lipinski definition) is 3. The SMILES string of the molecule is Cn1c(C#CCN)nc2ccc(OC(F)(F)F)cc21. The second-order valence-corrected chi connectivity index (χ2v) is 3.70. The second kappa shape index (κ2) is 4.82. The zero-order chi connectivity index (χ0) is 14.0. The molecule has 0 amide bonds. The Morgan fingerprint density at radius 3 is 2.79 bits per heavy atom. The number of aromatic nitrogens is 2. The molecule has 1 heterocycles. The molecule has 0 saturated heterocycles. The number of aryl methyl sites for hydroxylation is 1. The van der Waals surface area contributed by atoms with Crippen LogP contribution in [0.15, 0.2) is 18.2 Å². The fraction of sp³-hybridized carbons (Fsp3) is 0.250. The van der Waals surface area contributed by atoms with Gasteiger partial charge < -0.3 is 15.0 Å². The molecule has 0 unspecified atom stereocenters. The molecule has 0 aliphatic heterocycles. The zero-order valence-electron chi connectivity index (χ0n) is 9.95. The number of imidazole rings is 1. The predicted octanol–water partition coefficient (Wildman–Crippen LogP) is 1.78. The van der Waals surface area contributed by atoms with Crippen LogP contribution in [0.2, 0.25) is 0 Å². The molecular formula is C12H10F3N3O. The molecule has 0 fully saturated rings. The van der Waals surface area contributed by atoms with Crippen molar-refractivity contribution < 1.29 is 17.9 Å². The largest absolute Gasteiger partial charge is 0.573 e. The molecule has 100 valence electrons. The summed E-state index contributed by atoms with van der Waals surface area (Å²) in [6.07, 6.45) is -4.71. The van der Waals surface area contributed by atoms with Crippen LogP contribution in [-0.2, 0) is 7.05 Å². The lowest BCUT2D eigenvalue weighted by atomic mass is 10.3. The third-order valence-electron chi connectivity index (χ3n) is 2.39. The Bertz CT molecular complexity index is 664. The lowest BCUT2D eigenvalue weighted by Crippen LogP contribution is -2.17. The molecule has 2 rings (SSSR count). The van der Waals surface area contributed by atoms with E-state index in [2.05, 4.69) is 21.6 Å². The molecule has 0 aliphatic carbocycles. The summed E-state index contributed by atoms with van der Waals surface area (Å²) >= 11 is 0. The maximum absolute atomic E-state index is 12.1. The van der Waals surface area contributed by atoms with Crippen LogP contribution in [0, 0.1) is 11.8 Å². The van der Waals surface area contributed by atoms with Crippen molar-refractivity contribution in [3.05, 3.63) is 24.0 Å². The molecule has 4 nitrogen and oxygen atoms in total. The van der Waals surface area contributed by atoms with Crippen molar-refractivity contribution in [1.82, 2.24) is 9.55 Å². The summed E-state index contributed by atoms with van der Waals surface area (Å²) in [5.41, 5.74) is 6.30. The summed E-state index contributed by atoms with van der Waals surface area (Å²) < 4.78 is 41.8. The van der Waals surface area contributed by atoms with E-state index in [1.165, 1.54) is 18.2 Å². The number of alkyl halides is 3. The van der Waals surface area contributed by atoms with E-state index in [9.17, 15) is 13.2 Å². The van der Waals surface area contributed by atoms with Gasteiger partial charge in [-0.2, -0.15) is 0 Å². The molecule has 1 aromatic carbocycles. The van der Waals surface area contributed by atoms with Crippen molar-refractivity contribution in [2.75, 3.05) is 6.54 Å². The number of nitrogens with zero attached hydrogens (tertiary/aromatic N) is 2. The third kappa shape index (κ3) is 2.98. The molecule has 0 radical (unpaired) electrons. The van der Waals surface area contributed by atoms with Gasteiger partial charge in [0, 0.05) is 13.1 Å². The van der Waals surface area contributed by atoms with Crippen LogP contribution >= 0.6 is 0 Å². The topological polar surface area (TPSA) is 53.1 Å². The number of halogens is 3. The number of nitrogens with two attached hydrogens (primary N) is 1. The van der Waals surface area contributed by atoms with Gasteiger partial charge in [0.1, 0.15) is 5.75 Å². The monoisotopic (exact) mass is 269 g/mol. The number of hydrogen-bond donors (Lipinski definition) is 1. The van der Waals surface area contributed by atoms with Gasteiger partial charge in [0.05, 0.1) is 17.6 Å². The Morgan fingerprint density at radius 1 is 1.42 bits per heavy atom. The van der Waals surface area contributed by atoms with Crippen LogP contribution in [0.1, 0.15) is 5.82 Å². The van der Waals surface area contributed by atoms with E-state index in [0.29, 0.717) is 16.9 Å². The summed E-state index contributed by atoms with van der Waals surface area (Å²) in [6, 6.07) is 3.93. The van der Waals surface area contributed by atoms with Crippen LogP contribution in [0.4, 0.5) is 13.2 Å². The first-order chi connectivity index (χ1) is 8.90. The molecule has 0 spiro atoms. The van der Waals surface area contributed by atoms with Gasteiger partial charge in [-0.1, -0.05) is 5.92 Å². The van der Waals surface area contributed by atoms with Gasteiger partial charge >= 0.3 is 6.36 Å². The summed E-state index contributed by atoms with van der Waals surface area (Å²) in [4.78, 5) is 4.18. The molecule has 1 aromatic heterocycles. The summed E-state index contributed by atoms with van der Waals surface area (Å²) in [6.45, 7) is 0.186. The predicted molar refractivity (Wildman–Crippen MR) is 63.3 cm³/mol. The Morgan fingerprint density at radius 2 is 2.16 bits per heavy atom. The second-order valence-electron chi connectivity index (χ2n) is 3.70. The number of rotatable bonds is 1. The number of benzene rings is 1. The normalized spacial score (nSPS) is 11.2. The van der Waals surface area contributed by atoms with Gasteiger partial charge in [0.15, 0.2) is 5.82 Å². The smallest absolute Gasteiger partial charge is 0.406 e. The van der Waals surface area contributed by atoms with E-state index >= 15 is 0 Å². The fourth-order valence-corrected chi connectivity index (χ4v) is 1.61. The van der Waals surface area contributed by atoms with Crippen molar-refractivity contribution in [3.63, 3.8) is 0 Å². The van der Waals surface area contributed by atoms with Gasteiger partial charge in [0.25, 0.3) is 0 Å². The Balaban J connectivity index is 2.45. The van der Waals surface area contributed by atoms with E-state index < -0.39 is 6.36 Å². The Hall–Kier alpha value is -2.20. The van der Waals surface area contributed by atoms with Gasteiger partial charge in [0.2, 0.25) is 0 Å². The van der Waals surface area contributed by atoms with Crippen LogP contribution in [-0.4, -0.2) is 22.5 Å². The van der Waals surface area contributed by atoms with Crippen molar-refractivity contribution in [2.24, 2.45) is 12.8 Å². The summed E-state index contributed by atoms with van der Waals surface area (Å²) in [5.74, 6) is 5.53. The zero-order valence-corrected chi connectivity index (χ0v) is 9.95. The highest BCUT2D eigenvalue weighted by Gasteiger charge is 2.31. The molecule has 2 aromatic rings. The van der Waals surface area contributed by atoms with Crippen LogP contribution in [0.3, 0.4) is 0 Å². The highest BCUT2D eigenvalue weighted by molar-refractivity contribution is 5.78. The molecule has 0 bridgehead atoms. The quantitative estimate of drug-likeness (QED) is 0.803. The third-order valence-corrected chi connectivity index (χ3v) is 2.39. The standard InChI is InChI=1S/C12H10F3N3O/c1-18-10-7-8(19-12(13,14)15)4-5-9(10)17-11(18)3-2-6-16/h4-5,7H,6,16H2,1H3. The minimum atomic E-state index is -4.71. The number of ether oxygens (including phenoxy) is 1. The van der Waals surface area contributed by atoms with Crippen molar-refractivity contribution in [2.45, 2.75) is 6.36 Å². The first-order valence-electron chi connectivity index (χ1n) is 5.32. The Labute approximate surface area is 107 Å². The molecule has 0 aliphatic rings. The van der Waals surface area contributed by atoms with E-state index in [-0.39, 0.29) is 12.3 Å². The first-order valence-corrected chi connectivity index (χ1v) is 5.32.